The third-order valence-electron chi connectivity index (χ3n) is 4.20. The van der Waals surface area contributed by atoms with E-state index in [0.29, 0.717) is 0 Å². The Kier molecular flexibility index (Phi) is 4.16. The molecular weight excluding hydrogens is 236 g/mol. The molecule has 0 amide bonds. The van der Waals surface area contributed by atoms with Gasteiger partial charge < -0.3 is 15.3 Å². The number of aryl methyl sites for hydroxylation is 2. The van der Waals surface area contributed by atoms with Gasteiger partial charge in [-0.1, -0.05) is 18.2 Å². The Morgan fingerprint density at radius 2 is 1.95 bits per heavy atom. The van der Waals surface area contributed by atoms with Crippen molar-refractivity contribution in [1.82, 2.24) is 5.32 Å². The molecule has 1 saturated heterocycles. The van der Waals surface area contributed by atoms with Crippen LogP contribution < -0.4 is 10.2 Å². The number of para-hydroxylation sites is 1. The first-order chi connectivity index (χ1) is 8.97. The van der Waals surface area contributed by atoms with Crippen LogP contribution in [-0.4, -0.2) is 36.4 Å². The number of hydrogen-bond donors (Lipinski definition) is 2. The van der Waals surface area contributed by atoms with Gasteiger partial charge >= 0.3 is 0 Å². The summed E-state index contributed by atoms with van der Waals surface area (Å²) in [7, 11) is 0. The molecule has 0 bridgehead atoms. The number of nitrogens with one attached hydrogen (secondary N) is 1. The van der Waals surface area contributed by atoms with E-state index in [1.807, 2.05) is 0 Å². The second kappa shape index (κ2) is 5.51. The van der Waals surface area contributed by atoms with E-state index in [0.717, 1.165) is 19.5 Å². The fraction of sp³-hybridized carbons (Fsp3) is 0.625. The summed E-state index contributed by atoms with van der Waals surface area (Å²) in [5.41, 5.74) is 3.91. The van der Waals surface area contributed by atoms with Crippen LogP contribution in [0, 0.1) is 13.8 Å². The van der Waals surface area contributed by atoms with Crippen LogP contribution in [0.15, 0.2) is 18.2 Å². The van der Waals surface area contributed by atoms with Crippen molar-refractivity contribution in [3.63, 3.8) is 0 Å². The monoisotopic (exact) mass is 262 g/mol. The molecule has 3 heteroatoms. The van der Waals surface area contributed by atoms with Crippen LogP contribution >= 0.6 is 0 Å². The zero-order valence-electron chi connectivity index (χ0n) is 12.5. The van der Waals surface area contributed by atoms with E-state index < -0.39 is 0 Å². The maximum absolute atomic E-state index is 9.78. The van der Waals surface area contributed by atoms with Crippen LogP contribution in [0.25, 0.3) is 0 Å². The van der Waals surface area contributed by atoms with Crippen LogP contribution in [0.3, 0.4) is 0 Å². The summed E-state index contributed by atoms with van der Waals surface area (Å²) in [6, 6.07) is 6.55. The van der Waals surface area contributed by atoms with Gasteiger partial charge in [0, 0.05) is 17.8 Å². The molecule has 1 heterocycles. The summed E-state index contributed by atoms with van der Waals surface area (Å²) in [6.45, 7) is 10.9. The molecule has 1 unspecified atom stereocenters. The zero-order chi connectivity index (χ0) is 14.0. The Morgan fingerprint density at radius 3 is 2.53 bits per heavy atom. The Labute approximate surface area is 116 Å². The number of hydrogen-bond acceptors (Lipinski definition) is 3. The number of benzene rings is 1. The van der Waals surface area contributed by atoms with E-state index >= 15 is 0 Å². The van der Waals surface area contributed by atoms with Gasteiger partial charge in [-0.05, 0) is 51.8 Å². The summed E-state index contributed by atoms with van der Waals surface area (Å²) in [5, 5.41) is 13.2. The Hall–Kier alpha value is -1.06. The molecule has 19 heavy (non-hydrogen) atoms. The Balaban J connectivity index is 2.52. The van der Waals surface area contributed by atoms with Crippen molar-refractivity contribution < 1.29 is 5.11 Å². The van der Waals surface area contributed by atoms with Crippen molar-refractivity contribution in [2.24, 2.45) is 0 Å². The van der Waals surface area contributed by atoms with E-state index in [1.54, 1.807) is 0 Å². The smallest absolute Gasteiger partial charge is 0.0651 e. The van der Waals surface area contributed by atoms with Gasteiger partial charge in [-0.3, -0.25) is 0 Å². The van der Waals surface area contributed by atoms with Crippen molar-refractivity contribution in [2.45, 2.75) is 45.7 Å². The molecule has 106 valence electrons. The van der Waals surface area contributed by atoms with E-state index in [9.17, 15) is 5.11 Å². The topological polar surface area (TPSA) is 35.5 Å². The molecule has 0 saturated carbocycles. The third-order valence-corrected chi connectivity index (χ3v) is 4.20. The second-order valence-corrected chi connectivity index (χ2v) is 6.21. The van der Waals surface area contributed by atoms with Gasteiger partial charge in [0.1, 0.15) is 0 Å². The summed E-state index contributed by atoms with van der Waals surface area (Å²) in [6.07, 6.45) is 1.08. The molecule has 1 fully saturated rings. The summed E-state index contributed by atoms with van der Waals surface area (Å²) >= 11 is 0. The Morgan fingerprint density at radius 1 is 1.32 bits per heavy atom. The number of aliphatic hydroxyl groups excluding tert-OH is 1. The summed E-state index contributed by atoms with van der Waals surface area (Å²) in [5.74, 6) is 0. The fourth-order valence-corrected chi connectivity index (χ4v) is 3.19. The molecular formula is C16H26N2O. The molecule has 1 aliphatic rings. The minimum atomic E-state index is 0.0494. The molecule has 2 rings (SSSR count). The molecule has 0 aliphatic carbocycles. The molecule has 0 radical (unpaired) electrons. The van der Waals surface area contributed by atoms with Gasteiger partial charge in [0.2, 0.25) is 0 Å². The lowest BCUT2D eigenvalue weighted by Crippen LogP contribution is -2.53. The number of anilines is 1. The van der Waals surface area contributed by atoms with Crippen LogP contribution in [-0.2, 0) is 0 Å². The van der Waals surface area contributed by atoms with Crippen molar-refractivity contribution in [3.05, 3.63) is 29.3 Å². The number of nitrogens with zero attached hydrogens (tertiary/aromatic N) is 1. The molecule has 1 aliphatic heterocycles. The van der Waals surface area contributed by atoms with Crippen LogP contribution in [0.5, 0.6) is 0 Å². The normalized spacial score (nSPS) is 23.2. The van der Waals surface area contributed by atoms with E-state index in [4.69, 9.17) is 0 Å². The third kappa shape index (κ3) is 2.77. The van der Waals surface area contributed by atoms with Gasteiger partial charge in [-0.25, -0.2) is 0 Å². The molecule has 0 aromatic heterocycles. The minimum Gasteiger partial charge on any atom is -0.394 e. The van der Waals surface area contributed by atoms with Crippen LogP contribution in [0.2, 0.25) is 0 Å². The van der Waals surface area contributed by atoms with Crippen LogP contribution in [0.4, 0.5) is 5.69 Å². The molecule has 1 aromatic rings. The highest BCUT2D eigenvalue weighted by atomic mass is 16.3. The van der Waals surface area contributed by atoms with Crippen molar-refractivity contribution in [1.29, 1.82) is 0 Å². The van der Waals surface area contributed by atoms with E-state index in [1.165, 1.54) is 16.8 Å². The van der Waals surface area contributed by atoms with E-state index in [2.05, 4.69) is 56.1 Å². The molecule has 1 atom stereocenters. The second-order valence-electron chi connectivity index (χ2n) is 6.21. The van der Waals surface area contributed by atoms with Crippen LogP contribution in [0.1, 0.15) is 31.4 Å². The zero-order valence-corrected chi connectivity index (χ0v) is 12.5. The summed E-state index contributed by atoms with van der Waals surface area (Å²) < 4.78 is 0. The first kappa shape index (κ1) is 14.4. The molecule has 2 N–H and O–H groups in total. The summed E-state index contributed by atoms with van der Waals surface area (Å²) in [4.78, 5) is 2.43. The van der Waals surface area contributed by atoms with Crippen molar-refractivity contribution in [3.8, 4) is 0 Å². The lowest BCUT2D eigenvalue weighted by Gasteiger charge is -2.45. The van der Waals surface area contributed by atoms with Gasteiger partial charge in [-0.15, -0.1) is 0 Å². The van der Waals surface area contributed by atoms with Gasteiger partial charge in [0.25, 0.3) is 0 Å². The highest BCUT2D eigenvalue weighted by Gasteiger charge is 2.35. The highest BCUT2D eigenvalue weighted by molar-refractivity contribution is 5.61. The Bertz CT molecular complexity index is 422. The van der Waals surface area contributed by atoms with Gasteiger partial charge in [0.05, 0.1) is 12.6 Å². The highest BCUT2D eigenvalue weighted by Crippen LogP contribution is 2.34. The molecule has 0 spiro atoms. The van der Waals surface area contributed by atoms with Gasteiger partial charge in [0.15, 0.2) is 0 Å². The van der Waals surface area contributed by atoms with Gasteiger partial charge in [-0.2, -0.15) is 0 Å². The minimum absolute atomic E-state index is 0.0494. The SMILES string of the molecule is Cc1cccc(C)c1N1C(CO)CNCCC1(C)C. The van der Waals surface area contributed by atoms with E-state index in [-0.39, 0.29) is 18.2 Å². The average molecular weight is 262 g/mol. The lowest BCUT2D eigenvalue weighted by molar-refractivity contribution is 0.245. The lowest BCUT2D eigenvalue weighted by atomic mass is 9.93. The number of aliphatic hydroxyl groups is 1. The maximum atomic E-state index is 9.78. The predicted molar refractivity (Wildman–Crippen MR) is 80.8 cm³/mol. The predicted octanol–water partition coefficient (Wildman–Crippen LogP) is 2.24. The quantitative estimate of drug-likeness (QED) is 0.858. The van der Waals surface area contributed by atoms with Crippen molar-refractivity contribution in [2.75, 3.05) is 24.6 Å². The number of rotatable bonds is 2. The largest absolute Gasteiger partial charge is 0.394 e. The fourth-order valence-electron chi connectivity index (χ4n) is 3.19. The first-order valence-electron chi connectivity index (χ1n) is 7.14. The standard InChI is InChI=1S/C16H26N2O/c1-12-6-5-7-13(2)15(12)18-14(11-19)10-17-9-8-16(18,3)4/h5-7,14,17,19H,8-11H2,1-4H3. The molecule has 1 aromatic carbocycles. The maximum Gasteiger partial charge on any atom is 0.0651 e. The molecule has 3 nitrogen and oxygen atoms in total. The van der Waals surface area contributed by atoms with Crippen molar-refractivity contribution >= 4 is 5.69 Å². The average Bonchev–Trinajstić information content (AvgIpc) is 2.49. The first-order valence-corrected chi connectivity index (χ1v) is 7.14.